The van der Waals surface area contributed by atoms with E-state index in [-0.39, 0.29) is 24.2 Å². The Bertz CT molecular complexity index is 1550. The average Bonchev–Trinajstić information content (AvgIpc) is 3.67. The zero-order valence-corrected chi connectivity index (χ0v) is 23.8. The fraction of sp³-hybridized carbons (Fsp3) is 0.294. The minimum atomic E-state index is -0.798. The smallest absolute Gasteiger partial charge is 0.163 e. The molecule has 3 aromatic carbocycles. The number of benzene rings is 3. The fourth-order valence-corrected chi connectivity index (χ4v) is 6.89. The standard InChI is InChI=1S/C34H32ClN3O3/c1-33(2)40-29-23(20-28(30(29)41-33)38-19-18-27-31(35)36-22-37-32(27)38)21-39-34(24-12-6-3-7-13-24,25-14-8-4-9-15-25)26-16-10-5-11-17-26/h3-19,22-23,28-30H,20-21H2,1-2H3/t23-,28+,29+,30-/m0/s1. The first kappa shape index (κ1) is 26.4. The van der Waals surface area contributed by atoms with Gasteiger partial charge >= 0.3 is 0 Å². The Hall–Kier alpha value is -3.55. The highest BCUT2D eigenvalue weighted by Gasteiger charge is 2.55. The first-order valence-corrected chi connectivity index (χ1v) is 14.5. The van der Waals surface area contributed by atoms with Crippen LogP contribution in [0.1, 0.15) is 43.0 Å². The normalized spacial score (nSPS) is 23.6. The second-order valence-electron chi connectivity index (χ2n) is 11.3. The van der Waals surface area contributed by atoms with Crippen molar-refractivity contribution in [3.05, 3.63) is 131 Å². The van der Waals surface area contributed by atoms with E-state index in [2.05, 4.69) is 87.3 Å². The van der Waals surface area contributed by atoms with Gasteiger partial charge in [-0.1, -0.05) is 103 Å². The summed E-state index contributed by atoms with van der Waals surface area (Å²) in [6.07, 6.45) is 4.07. The molecule has 2 aliphatic rings. The maximum Gasteiger partial charge on any atom is 0.163 e. The van der Waals surface area contributed by atoms with Crippen molar-refractivity contribution in [1.82, 2.24) is 14.5 Å². The van der Waals surface area contributed by atoms with Gasteiger partial charge in [0.05, 0.1) is 24.1 Å². The Labute approximate surface area is 244 Å². The Morgan fingerprint density at radius 3 is 1.98 bits per heavy atom. The van der Waals surface area contributed by atoms with Gasteiger partial charge in [-0.2, -0.15) is 0 Å². The van der Waals surface area contributed by atoms with Crippen molar-refractivity contribution < 1.29 is 14.2 Å². The molecule has 2 fully saturated rings. The van der Waals surface area contributed by atoms with Crippen LogP contribution in [-0.4, -0.2) is 39.1 Å². The van der Waals surface area contributed by atoms with E-state index in [1.807, 2.05) is 44.3 Å². The van der Waals surface area contributed by atoms with Crippen molar-refractivity contribution in [2.75, 3.05) is 6.61 Å². The number of nitrogens with zero attached hydrogens (tertiary/aromatic N) is 3. The third kappa shape index (κ3) is 4.56. The molecule has 2 aromatic heterocycles. The molecule has 7 rings (SSSR count). The molecule has 1 aliphatic heterocycles. The van der Waals surface area contributed by atoms with Gasteiger partial charge in [0.2, 0.25) is 0 Å². The van der Waals surface area contributed by atoms with E-state index >= 15 is 0 Å². The van der Waals surface area contributed by atoms with Crippen LogP contribution in [0.25, 0.3) is 11.0 Å². The van der Waals surface area contributed by atoms with Gasteiger partial charge in [0.1, 0.15) is 28.8 Å². The van der Waals surface area contributed by atoms with E-state index in [0.29, 0.717) is 11.8 Å². The molecule has 0 unspecified atom stereocenters. The number of hydrogen-bond acceptors (Lipinski definition) is 5. The van der Waals surface area contributed by atoms with Gasteiger partial charge in [-0.15, -0.1) is 0 Å². The van der Waals surface area contributed by atoms with Crippen molar-refractivity contribution in [1.29, 1.82) is 0 Å². The van der Waals surface area contributed by atoms with Crippen molar-refractivity contribution in [2.24, 2.45) is 5.92 Å². The Balaban J connectivity index is 1.28. The molecule has 7 heteroatoms. The van der Waals surface area contributed by atoms with Crippen LogP contribution >= 0.6 is 11.6 Å². The summed E-state index contributed by atoms with van der Waals surface area (Å²) in [7, 11) is 0. The number of rotatable bonds is 7. The topological polar surface area (TPSA) is 58.4 Å². The Morgan fingerprint density at radius 1 is 0.829 bits per heavy atom. The average molecular weight is 566 g/mol. The molecule has 208 valence electrons. The Morgan fingerprint density at radius 2 is 1.39 bits per heavy atom. The van der Waals surface area contributed by atoms with Gasteiger partial charge in [0, 0.05) is 12.1 Å². The molecule has 5 aromatic rings. The highest BCUT2D eigenvalue weighted by atomic mass is 35.5. The highest BCUT2D eigenvalue weighted by molar-refractivity contribution is 6.33. The van der Waals surface area contributed by atoms with Gasteiger partial charge < -0.3 is 18.8 Å². The van der Waals surface area contributed by atoms with Crippen LogP contribution in [0, 0.1) is 5.92 Å². The van der Waals surface area contributed by atoms with Crippen LogP contribution in [-0.2, 0) is 19.8 Å². The second kappa shape index (κ2) is 10.4. The van der Waals surface area contributed by atoms with Gasteiger partial charge in [-0.25, -0.2) is 9.97 Å². The number of fused-ring (bicyclic) bond motifs is 2. The van der Waals surface area contributed by atoms with E-state index < -0.39 is 11.4 Å². The van der Waals surface area contributed by atoms with Gasteiger partial charge in [-0.05, 0) is 43.0 Å². The molecule has 0 bridgehead atoms. The lowest BCUT2D eigenvalue weighted by Crippen LogP contribution is -2.37. The summed E-state index contributed by atoms with van der Waals surface area (Å²) < 4.78 is 22.5. The summed E-state index contributed by atoms with van der Waals surface area (Å²) in [6, 6.07) is 33.4. The largest absolute Gasteiger partial charge is 0.360 e. The lowest BCUT2D eigenvalue weighted by Gasteiger charge is -2.37. The van der Waals surface area contributed by atoms with Crippen LogP contribution in [0.5, 0.6) is 0 Å². The molecule has 0 N–H and O–H groups in total. The predicted octanol–water partition coefficient (Wildman–Crippen LogP) is 7.17. The summed E-state index contributed by atoms with van der Waals surface area (Å²) in [5.74, 6) is -0.617. The maximum atomic E-state index is 7.23. The number of ether oxygens (including phenoxy) is 3. The van der Waals surface area contributed by atoms with Crippen LogP contribution in [0.15, 0.2) is 110 Å². The number of halogens is 1. The third-order valence-electron chi connectivity index (χ3n) is 8.42. The summed E-state index contributed by atoms with van der Waals surface area (Å²) in [4.78, 5) is 8.73. The zero-order chi connectivity index (χ0) is 28.0. The molecule has 0 radical (unpaired) electrons. The predicted molar refractivity (Wildman–Crippen MR) is 159 cm³/mol. The van der Waals surface area contributed by atoms with E-state index in [1.165, 1.54) is 6.33 Å². The molecule has 0 amide bonds. The van der Waals surface area contributed by atoms with Crippen molar-refractivity contribution in [2.45, 2.75) is 49.9 Å². The maximum absolute atomic E-state index is 7.23. The SMILES string of the molecule is CC1(C)O[C@@H]2[C@H](COC(c3ccccc3)(c3ccccc3)c3ccccc3)C[C@@H](n3ccc4c(Cl)ncnc43)[C@@H]2O1. The van der Waals surface area contributed by atoms with Crippen molar-refractivity contribution >= 4 is 22.6 Å². The molecule has 3 heterocycles. The summed E-state index contributed by atoms with van der Waals surface area (Å²) in [5, 5.41) is 1.28. The lowest BCUT2D eigenvalue weighted by molar-refractivity contribution is -0.164. The van der Waals surface area contributed by atoms with E-state index in [4.69, 9.17) is 25.8 Å². The number of hydrogen-bond donors (Lipinski definition) is 0. The molecule has 0 spiro atoms. The van der Waals surface area contributed by atoms with Gasteiger partial charge in [0.25, 0.3) is 0 Å². The van der Waals surface area contributed by atoms with Crippen LogP contribution in [0.2, 0.25) is 5.15 Å². The number of aromatic nitrogens is 3. The first-order valence-electron chi connectivity index (χ1n) is 14.1. The molecule has 1 aliphatic carbocycles. The molecule has 1 saturated carbocycles. The van der Waals surface area contributed by atoms with E-state index in [9.17, 15) is 0 Å². The summed E-state index contributed by atoms with van der Waals surface area (Å²) in [6.45, 7) is 4.44. The second-order valence-corrected chi connectivity index (χ2v) is 11.7. The molecule has 1 saturated heterocycles. The van der Waals surface area contributed by atoms with E-state index in [1.54, 1.807) is 0 Å². The minimum Gasteiger partial charge on any atom is -0.360 e. The summed E-state index contributed by atoms with van der Waals surface area (Å²) in [5.41, 5.74) is 3.24. The van der Waals surface area contributed by atoms with Gasteiger partial charge in [0.15, 0.2) is 5.79 Å². The molecular formula is C34H32ClN3O3. The monoisotopic (exact) mass is 565 g/mol. The lowest BCUT2D eigenvalue weighted by atomic mass is 9.80. The molecule has 41 heavy (non-hydrogen) atoms. The van der Waals surface area contributed by atoms with Crippen LogP contribution < -0.4 is 0 Å². The van der Waals surface area contributed by atoms with Crippen LogP contribution in [0.3, 0.4) is 0 Å². The summed E-state index contributed by atoms with van der Waals surface area (Å²) >= 11 is 6.40. The fourth-order valence-electron chi connectivity index (χ4n) is 6.70. The molecular weight excluding hydrogens is 534 g/mol. The molecule has 6 nitrogen and oxygen atoms in total. The van der Waals surface area contributed by atoms with E-state index in [0.717, 1.165) is 34.1 Å². The molecule has 4 atom stereocenters. The quantitative estimate of drug-likeness (QED) is 0.155. The van der Waals surface area contributed by atoms with Crippen molar-refractivity contribution in [3.8, 4) is 0 Å². The van der Waals surface area contributed by atoms with Crippen LogP contribution in [0.4, 0.5) is 0 Å². The van der Waals surface area contributed by atoms with Crippen molar-refractivity contribution in [3.63, 3.8) is 0 Å². The zero-order valence-electron chi connectivity index (χ0n) is 23.1. The third-order valence-corrected chi connectivity index (χ3v) is 8.73. The highest BCUT2D eigenvalue weighted by Crippen LogP contribution is 2.49. The first-order chi connectivity index (χ1) is 20.0. The Kier molecular flexibility index (Phi) is 6.67. The van der Waals surface area contributed by atoms with Gasteiger partial charge in [-0.3, -0.25) is 0 Å². The minimum absolute atomic E-state index is 0.0124.